The van der Waals surface area contributed by atoms with Crippen LogP contribution < -0.4 is 0 Å². The van der Waals surface area contributed by atoms with E-state index >= 15 is 0 Å². The molecule has 0 saturated carbocycles. The van der Waals surface area contributed by atoms with E-state index in [4.69, 9.17) is 0 Å². The van der Waals surface area contributed by atoms with E-state index in [1.54, 1.807) is 0 Å². The van der Waals surface area contributed by atoms with Crippen molar-refractivity contribution >= 4 is 5.91 Å². The van der Waals surface area contributed by atoms with Crippen LogP contribution in [0.4, 0.5) is 0 Å². The number of hydrogen-bond acceptors (Lipinski definition) is 2. The van der Waals surface area contributed by atoms with E-state index in [1.165, 1.54) is 6.42 Å². The second-order valence-electron chi connectivity index (χ2n) is 5.94. The van der Waals surface area contributed by atoms with Crippen LogP contribution in [0.2, 0.25) is 0 Å². The minimum Gasteiger partial charge on any atom is -0.342 e. The standard InChI is InChI=1S/C17H26N2O/c1-18(2)14-11-16(15-9-5-3-6-10-15)17(20)19-12-7-4-8-13-19/h3,5-6,9-10,16H,4,7-8,11-14H2,1-2H3. The second-order valence-corrected chi connectivity index (χ2v) is 5.94. The Morgan fingerprint density at radius 1 is 1.15 bits per heavy atom. The summed E-state index contributed by atoms with van der Waals surface area (Å²) in [5.74, 6) is 0.328. The first-order chi connectivity index (χ1) is 9.68. The molecule has 1 atom stereocenters. The predicted molar refractivity (Wildman–Crippen MR) is 82.8 cm³/mol. The van der Waals surface area contributed by atoms with Gasteiger partial charge in [-0.05, 0) is 51.9 Å². The van der Waals surface area contributed by atoms with E-state index in [-0.39, 0.29) is 5.92 Å². The Bertz CT molecular complexity index is 410. The zero-order chi connectivity index (χ0) is 14.4. The highest BCUT2D eigenvalue weighted by atomic mass is 16.2. The normalized spacial score (nSPS) is 17.2. The molecule has 1 heterocycles. The van der Waals surface area contributed by atoms with E-state index in [0.29, 0.717) is 5.91 Å². The molecule has 1 amide bonds. The molecule has 3 nitrogen and oxygen atoms in total. The van der Waals surface area contributed by atoms with Crippen molar-refractivity contribution in [2.24, 2.45) is 0 Å². The summed E-state index contributed by atoms with van der Waals surface area (Å²) >= 11 is 0. The maximum absolute atomic E-state index is 12.8. The van der Waals surface area contributed by atoms with Crippen molar-refractivity contribution in [2.75, 3.05) is 33.7 Å². The predicted octanol–water partition coefficient (Wildman–Crippen LogP) is 2.73. The minimum absolute atomic E-state index is 0.0108. The summed E-state index contributed by atoms with van der Waals surface area (Å²) in [6, 6.07) is 10.2. The van der Waals surface area contributed by atoms with Crippen LogP contribution in [0.15, 0.2) is 30.3 Å². The summed E-state index contributed by atoms with van der Waals surface area (Å²) in [7, 11) is 4.13. The van der Waals surface area contributed by atoms with Crippen LogP contribution in [0.5, 0.6) is 0 Å². The molecule has 1 aromatic carbocycles. The van der Waals surface area contributed by atoms with Crippen molar-refractivity contribution < 1.29 is 4.79 Å². The van der Waals surface area contributed by atoms with Crippen LogP contribution >= 0.6 is 0 Å². The van der Waals surface area contributed by atoms with Gasteiger partial charge in [0.1, 0.15) is 0 Å². The van der Waals surface area contributed by atoms with Crippen LogP contribution in [0.3, 0.4) is 0 Å². The molecule has 0 bridgehead atoms. The van der Waals surface area contributed by atoms with Crippen molar-refractivity contribution in [1.29, 1.82) is 0 Å². The van der Waals surface area contributed by atoms with E-state index in [0.717, 1.165) is 44.5 Å². The van der Waals surface area contributed by atoms with Crippen molar-refractivity contribution in [1.82, 2.24) is 9.80 Å². The van der Waals surface area contributed by atoms with Crippen LogP contribution in [0.25, 0.3) is 0 Å². The quantitative estimate of drug-likeness (QED) is 0.824. The largest absolute Gasteiger partial charge is 0.342 e. The number of benzene rings is 1. The molecule has 1 unspecified atom stereocenters. The minimum atomic E-state index is 0.0108. The summed E-state index contributed by atoms with van der Waals surface area (Å²) in [5.41, 5.74) is 1.16. The molecule has 3 heteroatoms. The highest BCUT2D eigenvalue weighted by Gasteiger charge is 2.26. The first kappa shape index (κ1) is 15.0. The third kappa shape index (κ3) is 4.07. The average Bonchev–Trinajstić information content (AvgIpc) is 2.49. The Balaban J connectivity index is 2.10. The topological polar surface area (TPSA) is 23.6 Å². The molecule has 1 aliphatic rings. The second kappa shape index (κ2) is 7.44. The molecule has 0 N–H and O–H groups in total. The Hall–Kier alpha value is -1.35. The van der Waals surface area contributed by atoms with Gasteiger partial charge >= 0.3 is 0 Å². The van der Waals surface area contributed by atoms with Crippen LogP contribution in [0, 0.1) is 0 Å². The lowest BCUT2D eigenvalue weighted by molar-refractivity contribution is -0.134. The number of rotatable bonds is 5. The molecule has 0 spiro atoms. The van der Waals surface area contributed by atoms with Crippen molar-refractivity contribution in [3.63, 3.8) is 0 Å². The maximum Gasteiger partial charge on any atom is 0.230 e. The lowest BCUT2D eigenvalue weighted by Crippen LogP contribution is -2.39. The highest BCUT2D eigenvalue weighted by Crippen LogP contribution is 2.24. The Morgan fingerprint density at radius 3 is 2.40 bits per heavy atom. The monoisotopic (exact) mass is 274 g/mol. The molecule has 0 aromatic heterocycles. The van der Waals surface area contributed by atoms with Crippen LogP contribution in [-0.2, 0) is 4.79 Å². The van der Waals surface area contributed by atoms with Gasteiger partial charge in [-0.25, -0.2) is 0 Å². The fourth-order valence-corrected chi connectivity index (χ4v) is 2.84. The first-order valence-corrected chi connectivity index (χ1v) is 7.67. The molecule has 1 saturated heterocycles. The van der Waals surface area contributed by atoms with Gasteiger partial charge in [-0.1, -0.05) is 30.3 Å². The number of likely N-dealkylation sites (tertiary alicyclic amines) is 1. The summed E-state index contributed by atoms with van der Waals surface area (Å²) in [4.78, 5) is 17.0. The SMILES string of the molecule is CN(C)CCC(C(=O)N1CCCCC1)c1ccccc1. The smallest absolute Gasteiger partial charge is 0.230 e. The maximum atomic E-state index is 12.8. The summed E-state index contributed by atoms with van der Waals surface area (Å²) in [6.45, 7) is 2.81. The Kier molecular flexibility index (Phi) is 5.60. The molecule has 2 rings (SSSR count). The third-order valence-electron chi connectivity index (χ3n) is 4.03. The van der Waals surface area contributed by atoms with Crippen LogP contribution in [0.1, 0.15) is 37.2 Å². The van der Waals surface area contributed by atoms with Gasteiger partial charge in [0.05, 0.1) is 5.92 Å². The zero-order valence-electron chi connectivity index (χ0n) is 12.7. The summed E-state index contributed by atoms with van der Waals surface area (Å²) in [5, 5.41) is 0. The van der Waals surface area contributed by atoms with E-state index in [9.17, 15) is 4.79 Å². The van der Waals surface area contributed by atoms with Gasteiger partial charge in [0, 0.05) is 13.1 Å². The fraction of sp³-hybridized carbons (Fsp3) is 0.588. The highest BCUT2D eigenvalue weighted by molar-refractivity contribution is 5.83. The molecule has 20 heavy (non-hydrogen) atoms. The van der Waals surface area contributed by atoms with Gasteiger partial charge in [0.2, 0.25) is 5.91 Å². The number of carbonyl (C=O) groups excluding carboxylic acids is 1. The molecular formula is C17H26N2O. The lowest BCUT2D eigenvalue weighted by Gasteiger charge is -2.31. The van der Waals surface area contributed by atoms with Gasteiger partial charge in [-0.2, -0.15) is 0 Å². The zero-order valence-corrected chi connectivity index (χ0v) is 12.7. The molecule has 110 valence electrons. The first-order valence-electron chi connectivity index (χ1n) is 7.67. The molecule has 1 aliphatic heterocycles. The number of piperidine rings is 1. The number of hydrogen-bond donors (Lipinski definition) is 0. The van der Waals surface area contributed by atoms with Crippen molar-refractivity contribution in [3.05, 3.63) is 35.9 Å². The van der Waals surface area contributed by atoms with E-state index in [2.05, 4.69) is 36.0 Å². The average molecular weight is 274 g/mol. The van der Waals surface area contributed by atoms with Gasteiger partial charge in [0.15, 0.2) is 0 Å². The lowest BCUT2D eigenvalue weighted by atomic mass is 9.93. The van der Waals surface area contributed by atoms with Crippen molar-refractivity contribution in [2.45, 2.75) is 31.6 Å². The molecule has 1 fully saturated rings. The number of amides is 1. The van der Waals surface area contributed by atoms with E-state index < -0.39 is 0 Å². The van der Waals surface area contributed by atoms with Gasteiger partial charge in [-0.15, -0.1) is 0 Å². The van der Waals surface area contributed by atoms with E-state index in [1.807, 2.05) is 18.2 Å². The number of carbonyl (C=O) groups is 1. The molecular weight excluding hydrogens is 248 g/mol. The van der Waals surface area contributed by atoms with Gasteiger partial charge < -0.3 is 9.80 Å². The molecule has 1 aromatic rings. The summed E-state index contributed by atoms with van der Waals surface area (Å²) in [6.07, 6.45) is 4.46. The Labute approximate surface area is 122 Å². The third-order valence-corrected chi connectivity index (χ3v) is 4.03. The molecule has 0 aliphatic carbocycles. The van der Waals surface area contributed by atoms with Crippen LogP contribution in [-0.4, -0.2) is 49.4 Å². The Morgan fingerprint density at radius 2 is 1.80 bits per heavy atom. The summed E-state index contributed by atoms with van der Waals surface area (Å²) < 4.78 is 0. The van der Waals surface area contributed by atoms with Crippen molar-refractivity contribution in [3.8, 4) is 0 Å². The van der Waals surface area contributed by atoms with Gasteiger partial charge in [-0.3, -0.25) is 4.79 Å². The fourth-order valence-electron chi connectivity index (χ4n) is 2.84. The van der Waals surface area contributed by atoms with Gasteiger partial charge in [0.25, 0.3) is 0 Å². The molecule has 0 radical (unpaired) electrons. The number of nitrogens with zero attached hydrogens (tertiary/aromatic N) is 2.